The van der Waals surface area contributed by atoms with Crippen LogP contribution in [0.2, 0.25) is 0 Å². The molecule has 1 heterocycles. The highest BCUT2D eigenvalue weighted by Gasteiger charge is 2.09. The van der Waals surface area contributed by atoms with E-state index >= 15 is 0 Å². The first-order valence-corrected chi connectivity index (χ1v) is 4.96. The maximum atomic E-state index is 10.9. The van der Waals surface area contributed by atoms with Crippen LogP contribution in [0.15, 0.2) is 24.4 Å². The monoisotopic (exact) mass is 220 g/mol. The van der Waals surface area contributed by atoms with Gasteiger partial charge in [-0.3, -0.25) is 9.48 Å². The highest BCUT2D eigenvalue weighted by Crippen LogP contribution is 2.25. The van der Waals surface area contributed by atoms with Gasteiger partial charge in [0.15, 0.2) is 5.75 Å². The third kappa shape index (κ3) is 1.90. The van der Waals surface area contributed by atoms with Gasteiger partial charge in [0.05, 0.1) is 19.3 Å². The number of para-hydroxylation sites is 1. The van der Waals surface area contributed by atoms with Crippen molar-refractivity contribution in [2.45, 2.75) is 13.5 Å². The van der Waals surface area contributed by atoms with Crippen molar-refractivity contribution in [3.63, 3.8) is 0 Å². The predicted molar refractivity (Wildman–Crippen MR) is 58.1 cm³/mol. The van der Waals surface area contributed by atoms with Crippen LogP contribution in [0.3, 0.4) is 0 Å². The largest absolute Gasteiger partial charge is 0.424 e. The summed E-state index contributed by atoms with van der Waals surface area (Å²) in [6.07, 6.45) is 1.68. The zero-order valence-electron chi connectivity index (χ0n) is 8.88. The van der Waals surface area contributed by atoms with Gasteiger partial charge in [-0.2, -0.15) is 5.10 Å². The second-order valence-electron chi connectivity index (χ2n) is 3.38. The van der Waals surface area contributed by atoms with Crippen LogP contribution < -0.4 is 4.74 Å². The minimum atomic E-state index is -0.371. The molecule has 16 heavy (non-hydrogen) atoms. The number of benzene rings is 1. The Bertz CT molecular complexity index is 519. The SMILES string of the molecule is CC(=O)Oc1cccc2cnn(CCO)c12. The topological polar surface area (TPSA) is 64.3 Å². The van der Waals surface area contributed by atoms with Gasteiger partial charge in [-0.05, 0) is 6.07 Å². The molecule has 2 aromatic rings. The number of ether oxygens (including phenoxy) is 1. The second kappa shape index (κ2) is 4.32. The minimum Gasteiger partial charge on any atom is -0.424 e. The Morgan fingerprint density at radius 1 is 1.56 bits per heavy atom. The molecule has 0 bridgehead atoms. The van der Waals surface area contributed by atoms with Crippen molar-refractivity contribution in [2.24, 2.45) is 0 Å². The molecule has 0 aliphatic heterocycles. The molecule has 5 heteroatoms. The van der Waals surface area contributed by atoms with E-state index in [1.807, 2.05) is 6.07 Å². The Labute approximate surface area is 92.2 Å². The van der Waals surface area contributed by atoms with Crippen LogP contribution in [-0.2, 0) is 11.3 Å². The molecular formula is C11H12N2O3. The zero-order valence-corrected chi connectivity index (χ0v) is 8.88. The summed E-state index contributed by atoms with van der Waals surface area (Å²) in [6, 6.07) is 5.38. The molecule has 0 spiro atoms. The summed E-state index contributed by atoms with van der Waals surface area (Å²) in [5.41, 5.74) is 0.728. The predicted octanol–water partition coefficient (Wildman–Crippen LogP) is 0.954. The highest BCUT2D eigenvalue weighted by atomic mass is 16.5. The van der Waals surface area contributed by atoms with E-state index in [2.05, 4.69) is 5.10 Å². The number of aromatic nitrogens is 2. The lowest BCUT2D eigenvalue weighted by atomic mass is 10.2. The fourth-order valence-electron chi connectivity index (χ4n) is 1.61. The molecule has 0 radical (unpaired) electrons. The third-order valence-electron chi connectivity index (χ3n) is 2.19. The third-order valence-corrected chi connectivity index (χ3v) is 2.19. The van der Waals surface area contributed by atoms with Gasteiger partial charge in [-0.1, -0.05) is 12.1 Å². The van der Waals surface area contributed by atoms with Crippen molar-refractivity contribution in [1.82, 2.24) is 9.78 Å². The summed E-state index contributed by atoms with van der Waals surface area (Å²) in [6.45, 7) is 1.72. The summed E-state index contributed by atoms with van der Waals surface area (Å²) in [5, 5.41) is 13.9. The lowest BCUT2D eigenvalue weighted by molar-refractivity contribution is -0.131. The first-order valence-electron chi connectivity index (χ1n) is 4.96. The number of aliphatic hydroxyl groups is 1. The first-order chi connectivity index (χ1) is 7.72. The zero-order chi connectivity index (χ0) is 11.5. The molecule has 0 saturated carbocycles. The molecule has 0 unspecified atom stereocenters. The number of rotatable bonds is 3. The van der Waals surface area contributed by atoms with E-state index < -0.39 is 0 Å². The van der Waals surface area contributed by atoms with Gasteiger partial charge >= 0.3 is 5.97 Å². The van der Waals surface area contributed by atoms with E-state index in [0.717, 1.165) is 10.9 Å². The maximum absolute atomic E-state index is 10.9. The number of carbonyl (C=O) groups is 1. The lowest BCUT2D eigenvalue weighted by Crippen LogP contribution is -2.07. The summed E-state index contributed by atoms with van der Waals surface area (Å²) in [5.74, 6) is 0.0974. The van der Waals surface area contributed by atoms with Crippen LogP contribution in [0.5, 0.6) is 5.75 Å². The average Bonchev–Trinajstić information content (AvgIpc) is 2.62. The normalized spacial score (nSPS) is 10.6. The van der Waals surface area contributed by atoms with Crippen molar-refractivity contribution < 1.29 is 14.6 Å². The van der Waals surface area contributed by atoms with E-state index in [1.165, 1.54) is 6.92 Å². The van der Waals surface area contributed by atoms with Crippen LogP contribution in [0.1, 0.15) is 6.92 Å². The smallest absolute Gasteiger partial charge is 0.308 e. The molecule has 0 fully saturated rings. The molecule has 0 atom stereocenters. The number of esters is 1. The van der Waals surface area contributed by atoms with Crippen molar-refractivity contribution in [3.05, 3.63) is 24.4 Å². The molecule has 5 nitrogen and oxygen atoms in total. The van der Waals surface area contributed by atoms with Crippen molar-refractivity contribution in [3.8, 4) is 5.75 Å². The number of hydrogen-bond donors (Lipinski definition) is 1. The number of hydrogen-bond acceptors (Lipinski definition) is 4. The Morgan fingerprint density at radius 2 is 2.38 bits per heavy atom. The van der Waals surface area contributed by atoms with Gasteiger partial charge in [-0.25, -0.2) is 0 Å². The van der Waals surface area contributed by atoms with E-state index in [-0.39, 0.29) is 12.6 Å². The highest BCUT2D eigenvalue weighted by molar-refractivity contribution is 5.87. The van der Waals surface area contributed by atoms with Crippen molar-refractivity contribution >= 4 is 16.9 Å². The summed E-state index contributed by atoms with van der Waals surface area (Å²) in [7, 11) is 0. The Kier molecular flexibility index (Phi) is 2.87. The molecule has 1 aromatic carbocycles. The molecule has 0 aliphatic carbocycles. The van der Waals surface area contributed by atoms with E-state index in [1.54, 1.807) is 23.0 Å². The van der Waals surface area contributed by atoms with Crippen LogP contribution in [0.25, 0.3) is 10.9 Å². The molecule has 2 rings (SSSR count). The molecule has 84 valence electrons. The maximum Gasteiger partial charge on any atom is 0.308 e. The van der Waals surface area contributed by atoms with E-state index in [9.17, 15) is 4.79 Å². The van der Waals surface area contributed by atoms with Gasteiger partial charge < -0.3 is 9.84 Å². The van der Waals surface area contributed by atoms with E-state index in [0.29, 0.717) is 12.3 Å². The Hall–Kier alpha value is -1.88. The van der Waals surface area contributed by atoms with Crippen LogP contribution in [-0.4, -0.2) is 27.5 Å². The van der Waals surface area contributed by atoms with Crippen LogP contribution in [0, 0.1) is 0 Å². The number of nitrogens with zero attached hydrogens (tertiary/aromatic N) is 2. The minimum absolute atomic E-state index is 0.00874. The number of carbonyl (C=O) groups excluding carboxylic acids is 1. The number of fused-ring (bicyclic) bond motifs is 1. The fourth-order valence-corrected chi connectivity index (χ4v) is 1.61. The van der Waals surface area contributed by atoms with Gasteiger partial charge in [0, 0.05) is 12.3 Å². The van der Waals surface area contributed by atoms with Crippen LogP contribution >= 0.6 is 0 Å². The standard InChI is InChI=1S/C11H12N2O3/c1-8(15)16-10-4-2-3-9-7-12-13(5-6-14)11(9)10/h2-4,7,14H,5-6H2,1H3. The van der Waals surface area contributed by atoms with Crippen LogP contribution in [0.4, 0.5) is 0 Å². The van der Waals surface area contributed by atoms with Gasteiger partial charge in [0.2, 0.25) is 0 Å². The second-order valence-corrected chi connectivity index (χ2v) is 3.38. The summed E-state index contributed by atoms with van der Waals surface area (Å²) >= 11 is 0. The van der Waals surface area contributed by atoms with Gasteiger partial charge in [0.25, 0.3) is 0 Å². The Morgan fingerprint density at radius 3 is 3.06 bits per heavy atom. The average molecular weight is 220 g/mol. The summed E-state index contributed by atoms with van der Waals surface area (Å²) < 4.78 is 6.71. The summed E-state index contributed by atoms with van der Waals surface area (Å²) in [4.78, 5) is 10.9. The van der Waals surface area contributed by atoms with E-state index in [4.69, 9.17) is 9.84 Å². The fraction of sp³-hybridized carbons (Fsp3) is 0.273. The number of aliphatic hydroxyl groups excluding tert-OH is 1. The quantitative estimate of drug-likeness (QED) is 0.618. The Balaban J connectivity index is 2.54. The van der Waals surface area contributed by atoms with Crippen molar-refractivity contribution in [2.75, 3.05) is 6.61 Å². The molecule has 0 saturated heterocycles. The molecule has 0 amide bonds. The molecule has 0 aliphatic rings. The lowest BCUT2D eigenvalue weighted by Gasteiger charge is -2.06. The van der Waals surface area contributed by atoms with Crippen molar-refractivity contribution in [1.29, 1.82) is 0 Å². The molecular weight excluding hydrogens is 208 g/mol. The van der Waals surface area contributed by atoms with Gasteiger partial charge in [-0.15, -0.1) is 0 Å². The molecule has 1 N–H and O–H groups in total. The molecule has 1 aromatic heterocycles. The van der Waals surface area contributed by atoms with Gasteiger partial charge in [0.1, 0.15) is 5.52 Å². The first kappa shape index (κ1) is 10.6.